The maximum atomic E-state index is 13.0. The van der Waals surface area contributed by atoms with Crippen LogP contribution < -0.4 is 26.8 Å². The van der Waals surface area contributed by atoms with Crippen molar-refractivity contribution < 1.29 is 19.1 Å². The van der Waals surface area contributed by atoms with E-state index in [-0.39, 0.29) is 18.4 Å². The molecule has 1 heterocycles. The molecule has 0 spiro atoms. The molecule has 9 nitrogen and oxygen atoms in total. The minimum Gasteiger partial charge on any atom is -0.484 e. The van der Waals surface area contributed by atoms with Crippen LogP contribution in [0.3, 0.4) is 0 Å². The van der Waals surface area contributed by atoms with Gasteiger partial charge in [-0.05, 0) is 46.9 Å². The van der Waals surface area contributed by atoms with Gasteiger partial charge in [0.2, 0.25) is 11.8 Å². The van der Waals surface area contributed by atoms with Gasteiger partial charge in [-0.25, -0.2) is 0 Å². The van der Waals surface area contributed by atoms with Crippen LogP contribution >= 0.6 is 0 Å². The fraction of sp³-hybridized carbons (Fsp3) is 0.222. The number of benzene rings is 2. The lowest BCUT2D eigenvalue weighted by Crippen LogP contribution is -2.48. The molecule has 1 atom stereocenters. The SMILES string of the molecule is NCc1ccc(CNC(=O)[C@H](Cc2cccnc2)NC(=O)[CH]Cc2ccc(OCC(N)=O)cc2)cc1. The molecule has 6 N–H and O–H groups in total. The van der Waals surface area contributed by atoms with E-state index in [4.69, 9.17) is 16.2 Å². The first kappa shape index (κ1) is 26.4. The Balaban J connectivity index is 1.56. The Labute approximate surface area is 210 Å². The third-order valence-corrected chi connectivity index (χ3v) is 5.35. The topological polar surface area (TPSA) is 149 Å². The summed E-state index contributed by atoms with van der Waals surface area (Å²) in [6, 6.07) is 17.5. The van der Waals surface area contributed by atoms with E-state index in [2.05, 4.69) is 15.6 Å². The van der Waals surface area contributed by atoms with Crippen LogP contribution in [0, 0.1) is 6.42 Å². The third kappa shape index (κ3) is 8.84. The van der Waals surface area contributed by atoms with E-state index < -0.39 is 11.9 Å². The number of hydrogen-bond donors (Lipinski definition) is 4. The number of pyridine rings is 1. The highest BCUT2D eigenvalue weighted by Gasteiger charge is 2.21. The first-order valence-corrected chi connectivity index (χ1v) is 11.5. The maximum absolute atomic E-state index is 13.0. The molecular formula is C27H30N5O4. The highest BCUT2D eigenvalue weighted by Crippen LogP contribution is 2.13. The number of amides is 3. The molecule has 3 aromatic rings. The zero-order chi connectivity index (χ0) is 25.8. The molecule has 0 aliphatic heterocycles. The van der Waals surface area contributed by atoms with E-state index in [0.717, 1.165) is 22.3 Å². The molecule has 0 bridgehead atoms. The standard InChI is InChI=1S/C27H30N5O4/c28-15-20-3-5-21(6-4-20)17-31-27(35)24(14-22-2-1-13-30-16-22)32-26(34)12-9-19-7-10-23(11-8-19)36-18-25(29)33/h1-8,10-13,16,24H,9,14-15,17-18,28H2,(H2,29,33)(H,31,35)(H,32,34)/t24-/m0/s1. The molecular weight excluding hydrogens is 458 g/mol. The van der Waals surface area contributed by atoms with Gasteiger partial charge in [-0.2, -0.15) is 0 Å². The van der Waals surface area contributed by atoms with Crippen molar-refractivity contribution >= 4 is 17.7 Å². The van der Waals surface area contributed by atoms with Crippen molar-refractivity contribution in [2.75, 3.05) is 6.61 Å². The number of rotatable bonds is 13. The summed E-state index contributed by atoms with van der Waals surface area (Å²) in [5.74, 6) is -0.703. The normalized spacial score (nSPS) is 11.4. The molecule has 36 heavy (non-hydrogen) atoms. The second-order valence-corrected chi connectivity index (χ2v) is 8.17. The molecule has 0 aliphatic rings. The van der Waals surface area contributed by atoms with Gasteiger partial charge < -0.3 is 26.8 Å². The van der Waals surface area contributed by atoms with Gasteiger partial charge in [-0.15, -0.1) is 0 Å². The van der Waals surface area contributed by atoms with Crippen molar-refractivity contribution in [3.05, 3.63) is 102 Å². The molecule has 1 radical (unpaired) electrons. The van der Waals surface area contributed by atoms with Gasteiger partial charge in [-0.1, -0.05) is 42.5 Å². The molecule has 0 saturated carbocycles. The quantitative estimate of drug-likeness (QED) is 0.284. The number of carbonyl (C=O) groups is 3. The minimum atomic E-state index is -0.772. The second kappa shape index (κ2) is 13.6. The lowest BCUT2D eigenvalue weighted by molar-refractivity contribution is -0.127. The predicted octanol–water partition coefficient (Wildman–Crippen LogP) is 1.20. The van der Waals surface area contributed by atoms with Crippen LogP contribution in [-0.4, -0.2) is 35.4 Å². The number of nitrogens with one attached hydrogen (secondary N) is 2. The molecule has 0 fully saturated rings. The van der Waals surface area contributed by atoms with E-state index in [1.165, 1.54) is 6.42 Å². The van der Waals surface area contributed by atoms with Gasteiger partial charge in [-0.3, -0.25) is 19.4 Å². The van der Waals surface area contributed by atoms with Gasteiger partial charge in [0.15, 0.2) is 6.61 Å². The van der Waals surface area contributed by atoms with Crippen LogP contribution in [0.25, 0.3) is 0 Å². The Morgan fingerprint density at radius 2 is 1.64 bits per heavy atom. The number of ether oxygens (including phenoxy) is 1. The van der Waals surface area contributed by atoms with E-state index in [0.29, 0.717) is 31.7 Å². The van der Waals surface area contributed by atoms with Gasteiger partial charge in [0.1, 0.15) is 11.8 Å². The van der Waals surface area contributed by atoms with Crippen LogP contribution in [0.1, 0.15) is 22.3 Å². The van der Waals surface area contributed by atoms with E-state index in [9.17, 15) is 14.4 Å². The van der Waals surface area contributed by atoms with Crippen LogP contribution in [0.4, 0.5) is 0 Å². The average molecular weight is 489 g/mol. The Bertz CT molecular complexity index is 1140. The van der Waals surface area contributed by atoms with Crippen molar-refractivity contribution in [1.82, 2.24) is 15.6 Å². The van der Waals surface area contributed by atoms with Crippen molar-refractivity contribution in [3.8, 4) is 5.75 Å². The molecule has 0 unspecified atom stereocenters. The number of primary amides is 1. The zero-order valence-electron chi connectivity index (χ0n) is 19.9. The van der Waals surface area contributed by atoms with Crippen molar-refractivity contribution in [2.24, 2.45) is 11.5 Å². The Kier molecular flexibility index (Phi) is 9.96. The lowest BCUT2D eigenvalue weighted by Gasteiger charge is -2.19. The van der Waals surface area contributed by atoms with Gasteiger partial charge >= 0.3 is 0 Å². The second-order valence-electron chi connectivity index (χ2n) is 8.17. The highest BCUT2D eigenvalue weighted by atomic mass is 16.5. The fourth-order valence-corrected chi connectivity index (χ4v) is 3.39. The summed E-state index contributed by atoms with van der Waals surface area (Å²) in [6.07, 6.45) is 5.46. The molecule has 187 valence electrons. The van der Waals surface area contributed by atoms with E-state index in [1.54, 1.807) is 42.7 Å². The van der Waals surface area contributed by atoms with Gasteiger partial charge in [0.25, 0.3) is 5.91 Å². The van der Waals surface area contributed by atoms with Crippen molar-refractivity contribution in [1.29, 1.82) is 0 Å². The van der Waals surface area contributed by atoms with Crippen LogP contribution in [0.2, 0.25) is 0 Å². The number of nitrogens with two attached hydrogens (primary N) is 2. The fourth-order valence-electron chi connectivity index (χ4n) is 3.39. The van der Waals surface area contributed by atoms with Crippen LogP contribution in [-0.2, 0) is 40.3 Å². The highest BCUT2D eigenvalue weighted by molar-refractivity contribution is 5.91. The monoisotopic (exact) mass is 488 g/mol. The molecule has 2 aromatic carbocycles. The summed E-state index contributed by atoms with van der Waals surface area (Å²) >= 11 is 0. The van der Waals surface area contributed by atoms with Gasteiger partial charge in [0, 0.05) is 31.9 Å². The number of aromatic nitrogens is 1. The smallest absolute Gasteiger partial charge is 0.255 e. The van der Waals surface area contributed by atoms with Crippen molar-refractivity contribution in [3.63, 3.8) is 0 Å². The number of hydrogen-bond acceptors (Lipinski definition) is 6. The lowest BCUT2D eigenvalue weighted by atomic mass is 10.1. The molecule has 0 saturated heterocycles. The summed E-state index contributed by atoms with van der Waals surface area (Å²) in [4.78, 5) is 40.5. The maximum Gasteiger partial charge on any atom is 0.255 e. The first-order chi connectivity index (χ1) is 17.4. The molecule has 3 rings (SSSR count). The van der Waals surface area contributed by atoms with E-state index in [1.807, 2.05) is 30.3 Å². The molecule has 3 amide bonds. The summed E-state index contributed by atoms with van der Waals surface area (Å²) < 4.78 is 5.23. The molecule has 0 aliphatic carbocycles. The van der Waals surface area contributed by atoms with Crippen molar-refractivity contribution in [2.45, 2.75) is 32.0 Å². The Morgan fingerprint density at radius 1 is 0.944 bits per heavy atom. The largest absolute Gasteiger partial charge is 0.484 e. The molecule has 1 aromatic heterocycles. The third-order valence-electron chi connectivity index (χ3n) is 5.35. The Hall–Kier alpha value is -4.24. The Morgan fingerprint density at radius 3 is 2.28 bits per heavy atom. The summed E-state index contributed by atoms with van der Waals surface area (Å²) in [6.45, 7) is 0.583. The minimum absolute atomic E-state index is 0.201. The van der Waals surface area contributed by atoms with Crippen LogP contribution in [0.15, 0.2) is 73.1 Å². The zero-order valence-corrected chi connectivity index (χ0v) is 19.9. The summed E-state index contributed by atoms with van der Waals surface area (Å²) in [5.41, 5.74) is 14.3. The molecule has 9 heteroatoms. The van der Waals surface area contributed by atoms with E-state index >= 15 is 0 Å². The van der Waals surface area contributed by atoms with Crippen LogP contribution in [0.5, 0.6) is 5.75 Å². The van der Waals surface area contributed by atoms with Gasteiger partial charge in [0.05, 0.1) is 6.42 Å². The predicted molar refractivity (Wildman–Crippen MR) is 135 cm³/mol. The number of nitrogens with zero attached hydrogens (tertiary/aromatic N) is 1. The summed E-state index contributed by atoms with van der Waals surface area (Å²) in [7, 11) is 0. The first-order valence-electron chi connectivity index (χ1n) is 11.5. The summed E-state index contributed by atoms with van der Waals surface area (Å²) in [5, 5.41) is 5.70. The number of carbonyl (C=O) groups excluding carboxylic acids is 3. The average Bonchev–Trinajstić information content (AvgIpc) is 2.90.